The van der Waals surface area contributed by atoms with E-state index in [2.05, 4.69) is 126 Å². The Kier molecular flexibility index (Phi) is 11.4. The van der Waals surface area contributed by atoms with E-state index in [1.54, 1.807) is 0 Å². The maximum atomic E-state index is 12.3. The number of hydrogen-bond acceptors (Lipinski definition) is 3. The minimum atomic E-state index is -3.65. The van der Waals surface area contributed by atoms with Crippen LogP contribution in [-0.4, -0.2) is 11.1 Å². The summed E-state index contributed by atoms with van der Waals surface area (Å²) in [6, 6.07) is 12.9. The van der Waals surface area contributed by atoms with Crippen LogP contribution in [0, 0.1) is 0 Å². The average Bonchev–Trinajstić information content (AvgIpc) is 2.79. The molecule has 0 saturated heterocycles. The van der Waals surface area contributed by atoms with Crippen molar-refractivity contribution in [3.63, 3.8) is 0 Å². The normalized spacial score (nSPS) is 13.8. The van der Waals surface area contributed by atoms with Gasteiger partial charge in [0.2, 0.25) is 0 Å². The summed E-state index contributed by atoms with van der Waals surface area (Å²) in [4.78, 5) is 12.3. The fraction of sp³-hybridized carbons (Fsp3) is 0.667. The van der Waals surface area contributed by atoms with Gasteiger partial charge in [0, 0.05) is 0 Å². The van der Waals surface area contributed by atoms with Crippen molar-refractivity contribution in [1.82, 2.24) is 0 Å². The summed E-state index contributed by atoms with van der Waals surface area (Å²) < 4.78 is 13.4. The van der Waals surface area contributed by atoms with Gasteiger partial charge >= 0.3 is 248 Å². The van der Waals surface area contributed by atoms with Gasteiger partial charge in [-0.15, -0.1) is 0 Å². The van der Waals surface area contributed by atoms with E-state index in [4.69, 9.17) is 9.05 Å². The van der Waals surface area contributed by atoms with Gasteiger partial charge in [0.15, 0.2) is 0 Å². The second-order valence-electron chi connectivity index (χ2n) is 15.9. The Bertz CT molecular complexity index is 1010. The van der Waals surface area contributed by atoms with Crippen LogP contribution in [0.4, 0.5) is 0 Å². The third kappa shape index (κ3) is 10.1. The number of hydrogen-bond donors (Lipinski definition) is 1. The van der Waals surface area contributed by atoms with Crippen LogP contribution < -0.4 is 9.05 Å². The summed E-state index contributed by atoms with van der Waals surface area (Å²) in [5, 5.41) is 0. The summed E-state index contributed by atoms with van der Waals surface area (Å²) >= 11 is 0. The molecule has 0 amide bonds. The number of rotatable bonds is 11. The van der Waals surface area contributed by atoms with Gasteiger partial charge in [-0.1, -0.05) is 0 Å². The Morgan fingerprint density at radius 2 is 0.925 bits per heavy atom. The fourth-order valence-corrected chi connectivity index (χ4v) is 6.92. The van der Waals surface area contributed by atoms with Crippen LogP contribution in [0.25, 0.3) is 0 Å². The van der Waals surface area contributed by atoms with Crippen LogP contribution in [0.5, 0.6) is 11.5 Å². The Labute approximate surface area is 248 Å². The van der Waals surface area contributed by atoms with E-state index in [1.165, 1.54) is 36.8 Å². The first-order valence-corrected chi connectivity index (χ1v) is 17.5. The molecule has 2 aromatic carbocycles. The Hall–Kier alpha value is -1.57. The molecule has 0 spiro atoms. The van der Waals surface area contributed by atoms with Gasteiger partial charge < -0.3 is 0 Å². The number of benzene rings is 2. The van der Waals surface area contributed by atoms with Gasteiger partial charge in [-0.25, -0.2) is 0 Å². The van der Waals surface area contributed by atoms with E-state index in [0.29, 0.717) is 6.16 Å². The molecule has 0 aliphatic carbocycles. The standard InChI is InChI=1S/C36H61O3P/c1-14-15-16-17-18-19-24-40(37,38-31-22-20-27(33(2,3)4)25-29(31)35(8,9)10)39-32-23-21-28(34(5,6)7)26-30(32)36(11,12)13/h20-23,25-26,37,40H,14-19,24H2,1-13H3. The molecule has 0 bridgehead atoms. The van der Waals surface area contributed by atoms with Gasteiger partial charge in [-0.3, -0.25) is 0 Å². The topological polar surface area (TPSA) is 38.7 Å². The monoisotopic (exact) mass is 572 g/mol. The van der Waals surface area contributed by atoms with Crippen molar-refractivity contribution in [2.24, 2.45) is 0 Å². The van der Waals surface area contributed by atoms with Crippen molar-refractivity contribution in [3.8, 4) is 11.5 Å². The summed E-state index contributed by atoms with van der Waals surface area (Å²) in [6.45, 7) is 28.9. The zero-order valence-electron chi connectivity index (χ0n) is 28.2. The van der Waals surface area contributed by atoms with Gasteiger partial charge in [0.05, 0.1) is 0 Å². The Balaban J connectivity index is 2.55. The first-order valence-electron chi connectivity index (χ1n) is 15.6. The van der Waals surface area contributed by atoms with Crippen LogP contribution in [0.1, 0.15) is 151 Å². The molecule has 1 N–H and O–H groups in total. The molecule has 0 aromatic heterocycles. The summed E-state index contributed by atoms with van der Waals surface area (Å²) in [6.07, 6.45) is 7.41. The van der Waals surface area contributed by atoms with Crippen molar-refractivity contribution in [2.75, 3.05) is 6.16 Å². The summed E-state index contributed by atoms with van der Waals surface area (Å²) in [7, 11) is -3.65. The Morgan fingerprint density at radius 1 is 0.550 bits per heavy atom. The number of unbranched alkanes of at least 4 members (excludes halogenated alkanes) is 5. The maximum absolute atomic E-state index is 12.3. The average molecular weight is 573 g/mol. The fourth-order valence-electron chi connectivity index (χ4n) is 4.94. The molecule has 2 aromatic rings. The van der Waals surface area contributed by atoms with Crippen LogP contribution in [0.15, 0.2) is 36.4 Å². The van der Waals surface area contributed by atoms with E-state index in [-0.39, 0.29) is 21.7 Å². The SMILES string of the molecule is CCCCCCCC[PH](O)(Oc1ccc(C(C)(C)C)cc1C(C)(C)C)Oc1ccc(C(C)(C)C)cc1C(C)(C)C. The zero-order chi connectivity index (χ0) is 30.6. The molecule has 0 aliphatic heterocycles. The quantitative estimate of drug-likeness (QED) is 0.215. The van der Waals surface area contributed by atoms with Gasteiger partial charge in [-0.05, 0) is 0 Å². The zero-order valence-corrected chi connectivity index (χ0v) is 29.2. The van der Waals surface area contributed by atoms with Crippen molar-refractivity contribution in [1.29, 1.82) is 0 Å². The molecule has 0 fully saturated rings. The van der Waals surface area contributed by atoms with Gasteiger partial charge in [0.1, 0.15) is 0 Å². The molecule has 0 atom stereocenters. The molecular formula is C36H61O3P. The second kappa shape index (κ2) is 13.2. The van der Waals surface area contributed by atoms with Gasteiger partial charge in [-0.2, -0.15) is 0 Å². The van der Waals surface area contributed by atoms with Crippen molar-refractivity contribution in [2.45, 2.75) is 150 Å². The van der Waals surface area contributed by atoms with Crippen molar-refractivity contribution < 1.29 is 13.9 Å². The van der Waals surface area contributed by atoms with Gasteiger partial charge in [0.25, 0.3) is 0 Å². The molecule has 0 heterocycles. The van der Waals surface area contributed by atoms with E-state index >= 15 is 0 Å². The molecule has 4 heteroatoms. The second-order valence-corrected chi connectivity index (χ2v) is 18.2. The van der Waals surface area contributed by atoms with E-state index in [1.807, 2.05) is 0 Å². The molecule has 228 valence electrons. The summed E-state index contributed by atoms with van der Waals surface area (Å²) in [5.74, 6) is 1.48. The van der Waals surface area contributed by atoms with Crippen molar-refractivity contribution in [3.05, 3.63) is 58.7 Å². The molecule has 0 saturated carbocycles. The van der Waals surface area contributed by atoms with Crippen LogP contribution in [-0.2, 0) is 21.7 Å². The first-order chi connectivity index (χ1) is 18.2. The van der Waals surface area contributed by atoms with E-state index in [9.17, 15) is 4.89 Å². The summed E-state index contributed by atoms with van der Waals surface area (Å²) in [5.41, 5.74) is 4.51. The van der Waals surface area contributed by atoms with E-state index in [0.717, 1.165) is 35.5 Å². The Morgan fingerprint density at radius 3 is 1.27 bits per heavy atom. The van der Waals surface area contributed by atoms with Crippen LogP contribution in [0.2, 0.25) is 0 Å². The predicted octanol–water partition coefficient (Wildman–Crippen LogP) is 11.2. The minimum absolute atomic E-state index is 0.0255. The molecule has 2 rings (SSSR count). The molecular weight excluding hydrogens is 511 g/mol. The van der Waals surface area contributed by atoms with Crippen LogP contribution >= 0.6 is 7.94 Å². The molecule has 40 heavy (non-hydrogen) atoms. The molecule has 0 aliphatic rings. The molecule has 0 unspecified atom stereocenters. The third-order valence-electron chi connectivity index (χ3n) is 7.69. The van der Waals surface area contributed by atoms with Crippen LogP contribution in [0.3, 0.4) is 0 Å². The third-order valence-corrected chi connectivity index (χ3v) is 9.76. The molecule has 0 radical (unpaired) electrons. The van der Waals surface area contributed by atoms with Crippen molar-refractivity contribution >= 4 is 7.94 Å². The first kappa shape index (κ1) is 34.6. The molecule has 3 nitrogen and oxygen atoms in total. The predicted molar refractivity (Wildman–Crippen MR) is 178 cm³/mol. The van der Waals surface area contributed by atoms with E-state index < -0.39 is 7.94 Å².